The summed E-state index contributed by atoms with van der Waals surface area (Å²) in [7, 11) is 1.61. The van der Waals surface area contributed by atoms with Gasteiger partial charge in [-0.15, -0.1) is 16.8 Å². The van der Waals surface area contributed by atoms with Crippen molar-refractivity contribution in [1.82, 2.24) is 14.8 Å². The molecule has 1 N–H and O–H groups in total. The van der Waals surface area contributed by atoms with Gasteiger partial charge in [-0.25, -0.2) is 4.79 Å². The third-order valence-electron chi connectivity index (χ3n) is 4.43. The van der Waals surface area contributed by atoms with Crippen molar-refractivity contribution in [1.29, 1.82) is 0 Å². The molecule has 0 radical (unpaired) electrons. The number of nitrogens with zero attached hydrogens (tertiary/aromatic N) is 3. The first-order chi connectivity index (χ1) is 15.9. The van der Waals surface area contributed by atoms with Gasteiger partial charge in [-0.2, -0.15) is 0 Å². The van der Waals surface area contributed by atoms with Crippen LogP contribution in [0.15, 0.2) is 66.3 Å². The average Bonchev–Trinajstić information content (AvgIpc) is 3.20. The molecule has 0 aliphatic carbocycles. The first-order valence-electron chi connectivity index (χ1n) is 10.3. The van der Waals surface area contributed by atoms with Gasteiger partial charge < -0.3 is 14.8 Å². The molecule has 8 nitrogen and oxygen atoms in total. The summed E-state index contributed by atoms with van der Waals surface area (Å²) in [4.78, 5) is 24.6. The summed E-state index contributed by atoms with van der Waals surface area (Å²) in [6.45, 7) is 7.87. The molecule has 0 unspecified atom stereocenters. The van der Waals surface area contributed by atoms with Gasteiger partial charge in [0.2, 0.25) is 5.91 Å². The van der Waals surface area contributed by atoms with Gasteiger partial charge in [-0.1, -0.05) is 23.9 Å². The number of rotatable bonds is 10. The van der Waals surface area contributed by atoms with Crippen LogP contribution in [-0.4, -0.2) is 45.6 Å². The van der Waals surface area contributed by atoms with E-state index in [9.17, 15) is 9.59 Å². The molecule has 33 heavy (non-hydrogen) atoms. The van der Waals surface area contributed by atoms with Gasteiger partial charge in [0, 0.05) is 17.8 Å². The van der Waals surface area contributed by atoms with E-state index in [4.69, 9.17) is 9.47 Å². The number of allylic oxidation sites excluding steroid dienone is 1. The van der Waals surface area contributed by atoms with Crippen molar-refractivity contribution in [3.8, 4) is 17.1 Å². The van der Waals surface area contributed by atoms with Gasteiger partial charge in [-0.3, -0.25) is 9.36 Å². The first kappa shape index (κ1) is 24.1. The Kier molecular flexibility index (Phi) is 8.26. The SMILES string of the molecule is C=CCn1c(SCC(=O)Nc2cccc(C(=O)OC(C)C)c2)nnc1-c1ccc(OC)cc1. The number of ether oxygens (including phenoxy) is 2. The zero-order chi connectivity index (χ0) is 23.8. The summed E-state index contributed by atoms with van der Waals surface area (Å²) >= 11 is 1.27. The van der Waals surface area contributed by atoms with Crippen LogP contribution in [0.1, 0.15) is 24.2 Å². The number of benzene rings is 2. The molecule has 0 aliphatic rings. The maximum Gasteiger partial charge on any atom is 0.338 e. The number of esters is 1. The summed E-state index contributed by atoms with van der Waals surface area (Å²) in [6.07, 6.45) is 1.53. The fourth-order valence-corrected chi connectivity index (χ4v) is 3.72. The van der Waals surface area contributed by atoms with E-state index in [1.54, 1.807) is 51.3 Å². The Bertz CT molecular complexity index is 1130. The van der Waals surface area contributed by atoms with Crippen molar-refractivity contribution in [2.45, 2.75) is 31.7 Å². The van der Waals surface area contributed by atoms with E-state index >= 15 is 0 Å². The minimum atomic E-state index is -0.431. The highest BCUT2D eigenvalue weighted by molar-refractivity contribution is 7.99. The Hall–Kier alpha value is -3.59. The zero-order valence-corrected chi connectivity index (χ0v) is 19.6. The minimum absolute atomic E-state index is 0.124. The van der Waals surface area contributed by atoms with Crippen molar-refractivity contribution in [2.24, 2.45) is 0 Å². The fraction of sp³-hybridized carbons (Fsp3) is 0.250. The van der Waals surface area contributed by atoms with Gasteiger partial charge in [0.25, 0.3) is 0 Å². The number of nitrogens with one attached hydrogen (secondary N) is 1. The van der Waals surface area contributed by atoms with Crippen LogP contribution in [0.4, 0.5) is 5.69 Å². The smallest absolute Gasteiger partial charge is 0.338 e. The molecule has 0 saturated carbocycles. The lowest BCUT2D eigenvalue weighted by Gasteiger charge is -2.10. The van der Waals surface area contributed by atoms with Crippen LogP contribution in [0.25, 0.3) is 11.4 Å². The molecule has 1 aromatic heterocycles. The Balaban J connectivity index is 1.67. The quantitative estimate of drug-likeness (QED) is 0.268. The summed E-state index contributed by atoms with van der Waals surface area (Å²) in [5.41, 5.74) is 1.78. The van der Waals surface area contributed by atoms with Crippen LogP contribution in [0, 0.1) is 0 Å². The first-order valence-corrected chi connectivity index (χ1v) is 11.3. The van der Waals surface area contributed by atoms with Crippen molar-refractivity contribution in [3.05, 3.63) is 66.7 Å². The van der Waals surface area contributed by atoms with E-state index in [-0.39, 0.29) is 17.8 Å². The number of methoxy groups -OCH3 is 1. The third kappa shape index (κ3) is 6.45. The molecule has 2 aromatic carbocycles. The highest BCUT2D eigenvalue weighted by Gasteiger charge is 2.16. The average molecular weight is 467 g/mol. The molecular weight excluding hydrogens is 440 g/mol. The molecular formula is C24H26N4O4S. The number of carbonyl (C=O) groups is 2. The molecule has 3 rings (SSSR count). The number of anilines is 1. The lowest BCUT2D eigenvalue weighted by molar-refractivity contribution is -0.113. The number of hydrogen-bond acceptors (Lipinski definition) is 7. The lowest BCUT2D eigenvalue weighted by Crippen LogP contribution is -2.16. The second-order valence-electron chi connectivity index (χ2n) is 7.31. The third-order valence-corrected chi connectivity index (χ3v) is 5.40. The maximum atomic E-state index is 12.5. The molecule has 0 spiro atoms. The molecule has 0 saturated heterocycles. The van der Waals surface area contributed by atoms with Gasteiger partial charge >= 0.3 is 5.97 Å². The van der Waals surface area contributed by atoms with Gasteiger partial charge in [0.15, 0.2) is 11.0 Å². The standard InChI is InChI=1S/C24H26N4O4S/c1-5-13-28-22(17-9-11-20(31-4)12-10-17)26-27-24(28)33-15-21(29)25-19-8-6-7-18(14-19)23(30)32-16(2)3/h5-12,14,16H,1,13,15H2,2-4H3,(H,25,29). The molecule has 9 heteroatoms. The number of amides is 1. The van der Waals surface area contributed by atoms with Crippen molar-refractivity contribution in [3.63, 3.8) is 0 Å². The highest BCUT2D eigenvalue weighted by atomic mass is 32.2. The molecule has 0 aliphatic heterocycles. The van der Waals surface area contributed by atoms with Gasteiger partial charge in [0.05, 0.1) is 24.5 Å². The second kappa shape index (κ2) is 11.3. The van der Waals surface area contributed by atoms with Crippen LogP contribution in [-0.2, 0) is 16.1 Å². The highest BCUT2D eigenvalue weighted by Crippen LogP contribution is 2.26. The van der Waals surface area contributed by atoms with Crippen LogP contribution in [0.2, 0.25) is 0 Å². The largest absolute Gasteiger partial charge is 0.497 e. The van der Waals surface area contributed by atoms with Crippen LogP contribution in [0.3, 0.4) is 0 Å². The summed E-state index contributed by atoms with van der Waals surface area (Å²) in [5.74, 6) is 0.893. The molecule has 3 aromatic rings. The van der Waals surface area contributed by atoms with E-state index in [1.807, 2.05) is 28.8 Å². The topological polar surface area (TPSA) is 95.3 Å². The second-order valence-corrected chi connectivity index (χ2v) is 8.25. The Labute approximate surface area is 197 Å². The predicted molar refractivity (Wildman–Crippen MR) is 129 cm³/mol. The van der Waals surface area contributed by atoms with Crippen LogP contribution in [0.5, 0.6) is 5.75 Å². The Morgan fingerprint density at radius 3 is 2.61 bits per heavy atom. The van der Waals surface area contributed by atoms with Crippen molar-refractivity contribution < 1.29 is 19.1 Å². The number of carbonyl (C=O) groups excluding carboxylic acids is 2. The van der Waals surface area contributed by atoms with E-state index in [0.29, 0.717) is 28.8 Å². The van der Waals surface area contributed by atoms with E-state index in [0.717, 1.165) is 11.3 Å². The molecule has 172 valence electrons. The molecule has 1 amide bonds. The monoisotopic (exact) mass is 466 g/mol. The van der Waals surface area contributed by atoms with Gasteiger partial charge in [0.1, 0.15) is 5.75 Å². The fourth-order valence-electron chi connectivity index (χ4n) is 2.98. The predicted octanol–water partition coefficient (Wildman–Crippen LogP) is 4.44. The van der Waals surface area contributed by atoms with Crippen molar-refractivity contribution in [2.75, 3.05) is 18.2 Å². The molecule has 0 fully saturated rings. The molecule has 0 bridgehead atoms. The normalized spacial score (nSPS) is 10.7. The Morgan fingerprint density at radius 2 is 1.94 bits per heavy atom. The number of hydrogen-bond donors (Lipinski definition) is 1. The minimum Gasteiger partial charge on any atom is -0.497 e. The summed E-state index contributed by atoms with van der Waals surface area (Å²) < 4.78 is 12.3. The maximum absolute atomic E-state index is 12.5. The molecule has 1 heterocycles. The number of aromatic nitrogens is 3. The van der Waals surface area contributed by atoms with Crippen LogP contribution >= 0.6 is 11.8 Å². The Morgan fingerprint density at radius 1 is 1.18 bits per heavy atom. The van der Waals surface area contributed by atoms with E-state index in [2.05, 4.69) is 22.1 Å². The van der Waals surface area contributed by atoms with Crippen molar-refractivity contribution >= 4 is 29.3 Å². The summed E-state index contributed by atoms with van der Waals surface area (Å²) in [5, 5.41) is 12.0. The number of thioether (sulfide) groups is 1. The van der Waals surface area contributed by atoms with Gasteiger partial charge in [-0.05, 0) is 56.3 Å². The van der Waals surface area contributed by atoms with E-state index in [1.165, 1.54) is 11.8 Å². The molecule has 0 atom stereocenters. The lowest BCUT2D eigenvalue weighted by atomic mass is 10.2. The van der Waals surface area contributed by atoms with E-state index < -0.39 is 5.97 Å². The summed E-state index contributed by atoms with van der Waals surface area (Å²) in [6, 6.07) is 14.2. The van der Waals surface area contributed by atoms with Crippen LogP contribution < -0.4 is 10.1 Å². The zero-order valence-electron chi connectivity index (χ0n) is 18.8.